The molecular weight excluding hydrogens is 266 g/mol. The van der Waals surface area contributed by atoms with Gasteiger partial charge < -0.3 is 5.32 Å². The Balaban J connectivity index is 2.55. The van der Waals surface area contributed by atoms with Crippen LogP contribution in [-0.4, -0.2) is 6.54 Å². The Bertz CT molecular complexity index is 376. The normalized spacial score (nSPS) is 12.6. The quantitative estimate of drug-likeness (QED) is 0.518. The van der Waals surface area contributed by atoms with Crippen LogP contribution in [0.15, 0.2) is 18.2 Å². The standard InChI is InChI=1S/C18H30ClN/c1-4-6-7-8-9-10-18(20-13-5-2)16-12-11-15(3)17(19)14-16/h11-12,14,18,20H,4-10,13H2,1-3H3. The Morgan fingerprint density at radius 3 is 2.45 bits per heavy atom. The highest BCUT2D eigenvalue weighted by Crippen LogP contribution is 2.25. The molecule has 1 aromatic rings. The Hall–Kier alpha value is -0.530. The largest absolute Gasteiger partial charge is 0.310 e. The second-order valence-electron chi connectivity index (χ2n) is 5.72. The van der Waals surface area contributed by atoms with Crippen LogP contribution >= 0.6 is 11.6 Å². The van der Waals surface area contributed by atoms with Crippen molar-refractivity contribution in [3.63, 3.8) is 0 Å². The molecule has 1 rings (SSSR count). The van der Waals surface area contributed by atoms with E-state index in [0.717, 1.165) is 17.1 Å². The number of hydrogen-bond acceptors (Lipinski definition) is 1. The van der Waals surface area contributed by atoms with E-state index < -0.39 is 0 Å². The maximum absolute atomic E-state index is 6.27. The van der Waals surface area contributed by atoms with Gasteiger partial charge in [0.2, 0.25) is 0 Å². The van der Waals surface area contributed by atoms with E-state index in [1.54, 1.807) is 0 Å². The second kappa shape index (κ2) is 10.2. The van der Waals surface area contributed by atoms with E-state index in [1.165, 1.54) is 50.5 Å². The third-order valence-corrected chi connectivity index (χ3v) is 4.24. The lowest BCUT2D eigenvalue weighted by molar-refractivity contribution is 0.468. The molecular formula is C18H30ClN. The molecule has 20 heavy (non-hydrogen) atoms. The summed E-state index contributed by atoms with van der Waals surface area (Å²) in [4.78, 5) is 0. The van der Waals surface area contributed by atoms with Gasteiger partial charge in [-0.2, -0.15) is 0 Å². The minimum atomic E-state index is 0.453. The molecule has 0 aromatic heterocycles. The molecule has 0 aliphatic carbocycles. The Kier molecular flexibility index (Phi) is 8.97. The Morgan fingerprint density at radius 1 is 1.05 bits per heavy atom. The molecule has 1 atom stereocenters. The molecule has 0 spiro atoms. The molecule has 114 valence electrons. The predicted octanol–water partition coefficient (Wildman–Crippen LogP) is 6.05. The van der Waals surface area contributed by atoms with Crippen LogP contribution in [0.2, 0.25) is 5.02 Å². The Labute approximate surface area is 130 Å². The number of benzene rings is 1. The van der Waals surface area contributed by atoms with Crippen molar-refractivity contribution in [3.8, 4) is 0 Å². The fourth-order valence-electron chi connectivity index (χ4n) is 2.48. The molecule has 0 amide bonds. The minimum Gasteiger partial charge on any atom is -0.310 e. The third kappa shape index (κ3) is 6.28. The van der Waals surface area contributed by atoms with Crippen LogP contribution in [0.1, 0.15) is 76.0 Å². The minimum absolute atomic E-state index is 0.453. The van der Waals surface area contributed by atoms with Gasteiger partial charge in [-0.15, -0.1) is 0 Å². The fraction of sp³-hybridized carbons (Fsp3) is 0.667. The van der Waals surface area contributed by atoms with Crippen molar-refractivity contribution in [3.05, 3.63) is 34.3 Å². The number of rotatable bonds is 10. The highest BCUT2D eigenvalue weighted by Gasteiger charge is 2.11. The first-order valence-corrected chi connectivity index (χ1v) is 8.56. The van der Waals surface area contributed by atoms with Gasteiger partial charge in [-0.1, -0.05) is 69.7 Å². The molecule has 0 saturated heterocycles. The molecule has 0 aliphatic rings. The highest BCUT2D eigenvalue weighted by atomic mass is 35.5. The highest BCUT2D eigenvalue weighted by molar-refractivity contribution is 6.31. The van der Waals surface area contributed by atoms with Gasteiger partial charge in [-0.3, -0.25) is 0 Å². The molecule has 0 saturated carbocycles. The van der Waals surface area contributed by atoms with Crippen molar-refractivity contribution in [1.29, 1.82) is 0 Å². The van der Waals surface area contributed by atoms with E-state index in [1.807, 2.05) is 0 Å². The number of hydrogen-bond donors (Lipinski definition) is 1. The molecule has 1 unspecified atom stereocenters. The number of aryl methyl sites for hydroxylation is 1. The fourth-order valence-corrected chi connectivity index (χ4v) is 2.67. The first-order chi connectivity index (χ1) is 9.69. The summed E-state index contributed by atoms with van der Waals surface area (Å²) >= 11 is 6.27. The summed E-state index contributed by atoms with van der Waals surface area (Å²) in [5.74, 6) is 0. The summed E-state index contributed by atoms with van der Waals surface area (Å²) in [6.07, 6.45) is 9.07. The maximum atomic E-state index is 6.27. The molecule has 1 nitrogen and oxygen atoms in total. The lowest BCUT2D eigenvalue weighted by Gasteiger charge is -2.20. The zero-order valence-electron chi connectivity index (χ0n) is 13.3. The molecule has 0 radical (unpaired) electrons. The van der Waals surface area contributed by atoms with Gasteiger partial charge in [0.25, 0.3) is 0 Å². The summed E-state index contributed by atoms with van der Waals surface area (Å²) in [5.41, 5.74) is 2.50. The van der Waals surface area contributed by atoms with Crippen LogP contribution < -0.4 is 5.32 Å². The lowest BCUT2D eigenvalue weighted by atomic mass is 9.98. The maximum Gasteiger partial charge on any atom is 0.0438 e. The topological polar surface area (TPSA) is 12.0 Å². The van der Waals surface area contributed by atoms with Crippen LogP contribution in [0.5, 0.6) is 0 Å². The smallest absolute Gasteiger partial charge is 0.0438 e. The zero-order valence-corrected chi connectivity index (χ0v) is 14.1. The lowest BCUT2D eigenvalue weighted by Crippen LogP contribution is -2.22. The Morgan fingerprint density at radius 2 is 1.80 bits per heavy atom. The monoisotopic (exact) mass is 295 g/mol. The van der Waals surface area contributed by atoms with Gasteiger partial charge in [0.15, 0.2) is 0 Å². The predicted molar refractivity (Wildman–Crippen MR) is 90.6 cm³/mol. The summed E-state index contributed by atoms with van der Waals surface area (Å²) in [5, 5.41) is 4.55. The van der Waals surface area contributed by atoms with Crippen LogP contribution in [0.3, 0.4) is 0 Å². The van der Waals surface area contributed by atoms with E-state index in [0.29, 0.717) is 6.04 Å². The number of unbranched alkanes of at least 4 members (excludes halogenated alkanes) is 4. The van der Waals surface area contributed by atoms with E-state index in [9.17, 15) is 0 Å². The van der Waals surface area contributed by atoms with E-state index >= 15 is 0 Å². The summed E-state index contributed by atoms with van der Waals surface area (Å²) in [6, 6.07) is 6.95. The van der Waals surface area contributed by atoms with Crippen molar-refractivity contribution in [1.82, 2.24) is 5.32 Å². The molecule has 1 N–H and O–H groups in total. The van der Waals surface area contributed by atoms with Crippen LogP contribution in [-0.2, 0) is 0 Å². The van der Waals surface area contributed by atoms with Gasteiger partial charge >= 0.3 is 0 Å². The van der Waals surface area contributed by atoms with Crippen molar-refractivity contribution < 1.29 is 0 Å². The summed E-state index contributed by atoms with van der Waals surface area (Å²) < 4.78 is 0. The SMILES string of the molecule is CCCCCCCC(NCCC)c1ccc(C)c(Cl)c1. The van der Waals surface area contributed by atoms with E-state index in [2.05, 4.69) is 44.3 Å². The first kappa shape index (κ1) is 17.5. The van der Waals surface area contributed by atoms with E-state index in [4.69, 9.17) is 11.6 Å². The average Bonchev–Trinajstić information content (AvgIpc) is 2.45. The van der Waals surface area contributed by atoms with Gasteiger partial charge in [0, 0.05) is 11.1 Å². The summed E-state index contributed by atoms with van der Waals surface area (Å²) in [6.45, 7) is 7.61. The van der Waals surface area contributed by atoms with Crippen LogP contribution in [0, 0.1) is 6.92 Å². The molecule has 2 heteroatoms. The summed E-state index contributed by atoms with van der Waals surface area (Å²) in [7, 11) is 0. The van der Waals surface area contributed by atoms with Gasteiger partial charge in [0.1, 0.15) is 0 Å². The van der Waals surface area contributed by atoms with Crippen LogP contribution in [0.4, 0.5) is 0 Å². The molecule has 0 fully saturated rings. The van der Waals surface area contributed by atoms with Gasteiger partial charge in [-0.05, 0) is 43.5 Å². The number of halogens is 1. The molecule has 0 aliphatic heterocycles. The molecule has 0 heterocycles. The second-order valence-corrected chi connectivity index (χ2v) is 6.13. The van der Waals surface area contributed by atoms with Crippen molar-refractivity contribution in [2.45, 2.75) is 71.8 Å². The van der Waals surface area contributed by atoms with Crippen LogP contribution in [0.25, 0.3) is 0 Å². The molecule has 1 aromatic carbocycles. The first-order valence-electron chi connectivity index (χ1n) is 8.18. The van der Waals surface area contributed by atoms with Crippen molar-refractivity contribution in [2.75, 3.05) is 6.54 Å². The average molecular weight is 296 g/mol. The third-order valence-electron chi connectivity index (χ3n) is 3.84. The van der Waals surface area contributed by atoms with Crippen molar-refractivity contribution in [2.24, 2.45) is 0 Å². The van der Waals surface area contributed by atoms with Gasteiger partial charge in [-0.25, -0.2) is 0 Å². The van der Waals surface area contributed by atoms with Crippen molar-refractivity contribution >= 4 is 11.6 Å². The van der Waals surface area contributed by atoms with Gasteiger partial charge in [0.05, 0.1) is 0 Å². The van der Waals surface area contributed by atoms with E-state index in [-0.39, 0.29) is 0 Å². The number of nitrogens with one attached hydrogen (secondary N) is 1. The zero-order chi connectivity index (χ0) is 14.8. The molecule has 0 bridgehead atoms.